The number of ether oxygens (including phenoxy) is 2. The molecule has 1 heterocycles. The molecule has 0 atom stereocenters. The summed E-state index contributed by atoms with van der Waals surface area (Å²) < 4.78 is 10.5. The minimum atomic E-state index is -0.599. The molecule has 1 amide bonds. The van der Waals surface area contributed by atoms with Gasteiger partial charge in [-0.15, -0.1) is 0 Å². The fourth-order valence-electron chi connectivity index (χ4n) is 2.43. The van der Waals surface area contributed by atoms with Crippen LogP contribution in [0.5, 0.6) is 11.5 Å². The predicted octanol–water partition coefficient (Wildman–Crippen LogP) is 3.25. The van der Waals surface area contributed by atoms with Crippen LogP contribution in [0.2, 0.25) is 5.02 Å². The fourth-order valence-corrected chi connectivity index (χ4v) is 2.60. The van der Waals surface area contributed by atoms with E-state index in [1.54, 1.807) is 19.2 Å². The van der Waals surface area contributed by atoms with Gasteiger partial charge in [-0.1, -0.05) is 17.7 Å². The Morgan fingerprint density at radius 1 is 1.25 bits per heavy atom. The van der Waals surface area contributed by atoms with Crippen LogP contribution in [0.15, 0.2) is 36.4 Å². The first kappa shape index (κ1) is 16.1. The topological polar surface area (TPSA) is 81.9 Å². The highest BCUT2D eigenvalue weighted by atomic mass is 35.5. The second kappa shape index (κ2) is 6.37. The summed E-state index contributed by atoms with van der Waals surface area (Å²) in [4.78, 5) is 24.5. The Morgan fingerprint density at radius 3 is 2.75 bits per heavy atom. The Bertz CT molecular complexity index is 824. The maximum Gasteiger partial charge on any atom is 0.282 e. The summed E-state index contributed by atoms with van der Waals surface area (Å²) in [6, 6.07) is 9.26. The number of carbonyl (C=O) groups is 1. The SMILES string of the molecule is CN(Cc1ccc2c(c1)OCO2)C(=O)c1cc(Cl)ccc1[N+](=O)[O-]. The third kappa shape index (κ3) is 3.11. The van der Waals surface area contributed by atoms with Crippen molar-refractivity contribution in [2.24, 2.45) is 0 Å². The number of fused-ring (bicyclic) bond motifs is 1. The molecule has 0 aromatic heterocycles. The first-order valence-electron chi connectivity index (χ1n) is 7.03. The lowest BCUT2D eigenvalue weighted by molar-refractivity contribution is -0.385. The Hall–Kier alpha value is -2.80. The van der Waals surface area contributed by atoms with E-state index in [1.165, 1.54) is 23.1 Å². The molecule has 1 aliphatic rings. The highest BCUT2D eigenvalue weighted by molar-refractivity contribution is 6.31. The van der Waals surface area contributed by atoms with Crippen LogP contribution in [0.3, 0.4) is 0 Å². The zero-order valence-corrected chi connectivity index (χ0v) is 13.4. The van der Waals surface area contributed by atoms with Gasteiger partial charge in [0.1, 0.15) is 5.56 Å². The Labute approximate surface area is 142 Å². The highest BCUT2D eigenvalue weighted by Gasteiger charge is 2.24. The molecule has 0 unspecified atom stereocenters. The van der Waals surface area contributed by atoms with Crippen LogP contribution in [0.1, 0.15) is 15.9 Å². The zero-order chi connectivity index (χ0) is 17.3. The average molecular weight is 349 g/mol. The maximum absolute atomic E-state index is 12.6. The van der Waals surface area contributed by atoms with E-state index in [4.69, 9.17) is 21.1 Å². The number of amides is 1. The van der Waals surface area contributed by atoms with E-state index in [2.05, 4.69) is 0 Å². The molecular weight excluding hydrogens is 336 g/mol. The van der Waals surface area contributed by atoms with Gasteiger partial charge in [0.2, 0.25) is 6.79 Å². The number of hydrogen-bond donors (Lipinski definition) is 0. The van der Waals surface area contributed by atoms with Gasteiger partial charge in [0, 0.05) is 24.7 Å². The monoisotopic (exact) mass is 348 g/mol. The molecular formula is C16H13ClN2O5. The molecule has 0 aliphatic carbocycles. The molecule has 1 aliphatic heterocycles. The molecule has 2 aromatic rings. The fraction of sp³-hybridized carbons (Fsp3) is 0.188. The van der Waals surface area contributed by atoms with Crippen molar-refractivity contribution in [3.8, 4) is 11.5 Å². The van der Waals surface area contributed by atoms with E-state index in [0.717, 1.165) is 5.56 Å². The number of halogens is 1. The Balaban J connectivity index is 1.83. The third-order valence-electron chi connectivity index (χ3n) is 3.59. The lowest BCUT2D eigenvalue weighted by Gasteiger charge is -2.17. The maximum atomic E-state index is 12.6. The molecule has 0 saturated heterocycles. The average Bonchev–Trinajstić information content (AvgIpc) is 3.01. The lowest BCUT2D eigenvalue weighted by Crippen LogP contribution is -2.26. The van der Waals surface area contributed by atoms with E-state index in [-0.39, 0.29) is 29.6 Å². The number of rotatable bonds is 4. The first-order valence-corrected chi connectivity index (χ1v) is 7.41. The molecule has 0 fully saturated rings. The predicted molar refractivity (Wildman–Crippen MR) is 86.5 cm³/mol. The number of benzene rings is 2. The van der Waals surface area contributed by atoms with Gasteiger partial charge < -0.3 is 14.4 Å². The van der Waals surface area contributed by atoms with Crippen molar-refractivity contribution in [2.75, 3.05) is 13.8 Å². The standard InChI is InChI=1S/C16H13ClN2O5/c1-18(8-10-2-5-14-15(6-10)24-9-23-14)16(20)12-7-11(17)3-4-13(12)19(21)22/h2-7H,8-9H2,1H3. The normalized spacial score (nSPS) is 12.1. The molecule has 2 aromatic carbocycles. The third-order valence-corrected chi connectivity index (χ3v) is 3.82. The summed E-state index contributed by atoms with van der Waals surface area (Å²) in [6.07, 6.45) is 0. The number of nitro benzene ring substituents is 1. The second-order valence-corrected chi connectivity index (χ2v) is 5.70. The summed E-state index contributed by atoms with van der Waals surface area (Å²) in [5.41, 5.74) is 0.498. The van der Waals surface area contributed by atoms with Gasteiger partial charge in [0.15, 0.2) is 11.5 Å². The van der Waals surface area contributed by atoms with Crippen LogP contribution in [-0.2, 0) is 6.54 Å². The molecule has 0 saturated carbocycles. The Morgan fingerprint density at radius 2 is 2.00 bits per heavy atom. The summed E-state index contributed by atoms with van der Waals surface area (Å²) >= 11 is 5.87. The van der Waals surface area contributed by atoms with Crippen molar-refractivity contribution >= 4 is 23.2 Å². The van der Waals surface area contributed by atoms with Crippen LogP contribution < -0.4 is 9.47 Å². The summed E-state index contributed by atoms with van der Waals surface area (Å²) in [6.45, 7) is 0.432. The Kier molecular flexibility index (Phi) is 4.26. The quantitative estimate of drug-likeness (QED) is 0.625. The van der Waals surface area contributed by atoms with Gasteiger partial charge in [0.25, 0.3) is 11.6 Å². The van der Waals surface area contributed by atoms with Crippen molar-refractivity contribution in [1.29, 1.82) is 0 Å². The number of hydrogen-bond acceptors (Lipinski definition) is 5. The van der Waals surface area contributed by atoms with Crippen LogP contribution in [-0.4, -0.2) is 29.6 Å². The van der Waals surface area contributed by atoms with Gasteiger partial charge in [-0.2, -0.15) is 0 Å². The summed E-state index contributed by atoms with van der Waals surface area (Å²) in [7, 11) is 1.57. The van der Waals surface area contributed by atoms with Crippen molar-refractivity contribution in [3.05, 3.63) is 62.7 Å². The number of nitrogens with zero attached hydrogens (tertiary/aromatic N) is 2. The van der Waals surface area contributed by atoms with Gasteiger partial charge >= 0.3 is 0 Å². The minimum Gasteiger partial charge on any atom is -0.454 e. The largest absolute Gasteiger partial charge is 0.454 e. The van der Waals surface area contributed by atoms with Crippen LogP contribution in [0, 0.1) is 10.1 Å². The molecule has 0 bridgehead atoms. The molecule has 0 radical (unpaired) electrons. The molecule has 124 valence electrons. The van der Waals surface area contributed by atoms with Gasteiger partial charge in [0.05, 0.1) is 4.92 Å². The van der Waals surface area contributed by atoms with Crippen LogP contribution in [0.4, 0.5) is 5.69 Å². The van der Waals surface area contributed by atoms with E-state index < -0.39 is 10.8 Å². The molecule has 7 nitrogen and oxygen atoms in total. The molecule has 24 heavy (non-hydrogen) atoms. The van der Waals surface area contributed by atoms with Gasteiger partial charge in [-0.3, -0.25) is 14.9 Å². The molecule has 8 heteroatoms. The van der Waals surface area contributed by atoms with Crippen LogP contribution >= 0.6 is 11.6 Å². The minimum absolute atomic E-state index is 0.0456. The van der Waals surface area contributed by atoms with Crippen molar-refractivity contribution < 1.29 is 19.2 Å². The van der Waals surface area contributed by atoms with E-state index in [9.17, 15) is 14.9 Å². The summed E-state index contributed by atoms with van der Waals surface area (Å²) in [5.74, 6) is 0.780. The van der Waals surface area contributed by atoms with Crippen LogP contribution in [0.25, 0.3) is 0 Å². The molecule has 0 spiro atoms. The van der Waals surface area contributed by atoms with Gasteiger partial charge in [-0.25, -0.2) is 0 Å². The van der Waals surface area contributed by atoms with Crippen molar-refractivity contribution in [2.45, 2.75) is 6.54 Å². The highest BCUT2D eigenvalue weighted by Crippen LogP contribution is 2.33. The van der Waals surface area contributed by atoms with Gasteiger partial charge in [-0.05, 0) is 29.8 Å². The van der Waals surface area contributed by atoms with E-state index >= 15 is 0 Å². The molecule has 0 N–H and O–H groups in total. The zero-order valence-electron chi connectivity index (χ0n) is 12.7. The van der Waals surface area contributed by atoms with Crippen molar-refractivity contribution in [3.63, 3.8) is 0 Å². The number of nitro groups is 1. The molecule has 3 rings (SSSR count). The van der Waals surface area contributed by atoms with E-state index in [1.807, 2.05) is 6.07 Å². The number of carbonyl (C=O) groups excluding carboxylic acids is 1. The van der Waals surface area contributed by atoms with Crippen molar-refractivity contribution in [1.82, 2.24) is 4.90 Å². The smallest absolute Gasteiger partial charge is 0.282 e. The first-order chi connectivity index (χ1) is 11.5. The second-order valence-electron chi connectivity index (χ2n) is 5.27. The summed E-state index contributed by atoms with van der Waals surface area (Å²) in [5, 5.41) is 11.4. The lowest BCUT2D eigenvalue weighted by atomic mass is 10.1. The van der Waals surface area contributed by atoms with E-state index in [0.29, 0.717) is 11.5 Å².